The van der Waals surface area contributed by atoms with Gasteiger partial charge in [-0.15, -0.1) is 0 Å². The predicted molar refractivity (Wildman–Crippen MR) is 61.9 cm³/mol. The summed E-state index contributed by atoms with van der Waals surface area (Å²) in [6, 6.07) is 3.93. The third kappa shape index (κ3) is 2.22. The van der Waals surface area contributed by atoms with Crippen LogP contribution in [0.4, 0.5) is 0 Å². The van der Waals surface area contributed by atoms with E-state index in [2.05, 4.69) is 21.2 Å². The first-order chi connectivity index (χ1) is 6.57. The lowest BCUT2D eigenvalue weighted by Gasteiger charge is -2.09. The lowest BCUT2D eigenvalue weighted by atomic mass is 9.99. The molecule has 1 N–H and O–H groups in total. The lowest BCUT2D eigenvalue weighted by Crippen LogP contribution is -2.20. The molecule has 1 aromatic rings. The molecule has 2 nitrogen and oxygen atoms in total. The van der Waals surface area contributed by atoms with Crippen molar-refractivity contribution in [3.8, 4) is 0 Å². The minimum Gasteiger partial charge on any atom is -0.313 e. The van der Waals surface area contributed by atoms with Crippen LogP contribution in [0.3, 0.4) is 0 Å². The maximum atomic E-state index is 11.8. The van der Waals surface area contributed by atoms with Gasteiger partial charge >= 0.3 is 0 Å². The standard InChI is InChI=1S/C11H14BrNO/c1-7-4-5-9(12)8(2)11(7)10(14)6-13-3/h4-5,13H,6H2,1-3H3. The van der Waals surface area contributed by atoms with Gasteiger partial charge in [-0.25, -0.2) is 0 Å². The van der Waals surface area contributed by atoms with Gasteiger partial charge in [0.15, 0.2) is 5.78 Å². The first-order valence-electron chi connectivity index (χ1n) is 4.51. The molecule has 0 atom stereocenters. The molecule has 0 unspecified atom stereocenters. The van der Waals surface area contributed by atoms with Crippen LogP contribution in [-0.4, -0.2) is 19.4 Å². The molecular weight excluding hydrogens is 242 g/mol. The Morgan fingerprint density at radius 2 is 2.07 bits per heavy atom. The molecular formula is C11H14BrNO. The van der Waals surface area contributed by atoms with E-state index < -0.39 is 0 Å². The van der Waals surface area contributed by atoms with Crippen molar-refractivity contribution in [1.82, 2.24) is 5.32 Å². The van der Waals surface area contributed by atoms with E-state index in [0.29, 0.717) is 6.54 Å². The molecule has 3 heteroatoms. The Bertz CT molecular complexity index is 361. The number of rotatable bonds is 3. The summed E-state index contributed by atoms with van der Waals surface area (Å²) in [5, 5.41) is 2.88. The molecule has 0 aliphatic rings. The van der Waals surface area contributed by atoms with Gasteiger partial charge in [-0.3, -0.25) is 4.79 Å². The molecule has 0 radical (unpaired) electrons. The highest BCUT2D eigenvalue weighted by Gasteiger charge is 2.12. The summed E-state index contributed by atoms with van der Waals surface area (Å²) in [7, 11) is 1.78. The Morgan fingerprint density at radius 3 is 2.64 bits per heavy atom. The van der Waals surface area contributed by atoms with Crippen molar-refractivity contribution in [2.24, 2.45) is 0 Å². The van der Waals surface area contributed by atoms with Gasteiger partial charge < -0.3 is 5.32 Å². The number of hydrogen-bond donors (Lipinski definition) is 1. The maximum absolute atomic E-state index is 11.8. The molecule has 0 saturated carbocycles. The van der Waals surface area contributed by atoms with Gasteiger partial charge in [-0.1, -0.05) is 22.0 Å². The number of carbonyl (C=O) groups is 1. The smallest absolute Gasteiger partial charge is 0.177 e. The van der Waals surface area contributed by atoms with Crippen molar-refractivity contribution >= 4 is 21.7 Å². The molecule has 0 aliphatic heterocycles. The normalized spacial score (nSPS) is 10.3. The van der Waals surface area contributed by atoms with Gasteiger partial charge in [0.25, 0.3) is 0 Å². The first kappa shape index (κ1) is 11.4. The van der Waals surface area contributed by atoms with Gasteiger partial charge in [-0.05, 0) is 38.1 Å². The second-order valence-electron chi connectivity index (χ2n) is 3.32. The number of aryl methyl sites for hydroxylation is 1. The van der Waals surface area contributed by atoms with Gasteiger partial charge in [0, 0.05) is 10.0 Å². The number of halogens is 1. The van der Waals surface area contributed by atoms with Crippen LogP contribution in [-0.2, 0) is 0 Å². The Kier molecular flexibility index (Phi) is 3.84. The van der Waals surface area contributed by atoms with E-state index in [9.17, 15) is 4.79 Å². The summed E-state index contributed by atoms with van der Waals surface area (Å²) in [5.41, 5.74) is 2.88. The summed E-state index contributed by atoms with van der Waals surface area (Å²) < 4.78 is 0.988. The molecule has 0 fully saturated rings. The van der Waals surface area contributed by atoms with Gasteiger partial charge in [0.2, 0.25) is 0 Å². The zero-order valence-corrected chi connectivity index (χ0v) is 10.2. The first-order valence-corrected chi connectivity index (χ1v) is 5.30. The average molecular weight is 256 g/mol. The Balaban J connectivity index is 3.18. The van der Waals surface area contributed by atoms with Crippen LogP contribution in [0.5, 0.6) is 0 Å². The quantitative estimate of drug-likeness (QED) is 0.842. The van der Waals surface area contributed by atoms with Crippen LogP contribution in [0, 0.1) is 13.8 Å². The van der Waals surface area contributed by atoms with Gasteiger partial charge in [0.05, 0.1) is 6.54 Å². The maximum Gasteiger partial charge on any atom is 0.177 e. The van der Waals surface area contributed by atoms with E-state index in [1.165, 1.54) is 0 Å². The largest absolute Gasteiger partial charge is 0.313 e. The van der Waals surface area contributed by atoms with Crippen LogP contribution in [0.25, 0.3) is 0 Å². The summed E-state index contributed by atoms with van der Waals surface area (Å²) in [5.74, 6) is 0.142. The predicted octanol–water partition coefficient (Wildman–Crippen LogP) is 2.47. The number of nitrogens with one attached hydrogen (secondary N) is 1. The van der Waals surface area contributed by atoms with E-state index in [4.69, 9.17) is 0 Å². The zero-order valence-electron chi connectivity index (χ0n) is 8.65. The van der Waals surface area contributed by atoms with Crippen molar-refractivity contribution in [1.29, 1.82) is 0 Å². The molecule has 0 amide bonds. The molecule has 0 bridgehead atoms. The second kappa shape index (κ2) is 4.71. The van der Waals surface area contributed by atoms with E-state index in [-0.39, 0.29) is 5.78 Å². The molecule has 76 valence electrons. The average Bonchev–Trinajstić information content (AvgIpc) is 2.13. The highest BCUT2D eigenvalue weighted by atomic mass is 79.9. The van der Waals surface area contributed by atoms with E-state index >= 15 is 0 Å². The Hall–Kier alpha value is -0.670. The highest BCUT2D eigenvalue weighted by molar-refractivity contribution is 9.10. The summed E-state index contributed by atoms with van der Waals surface area (Å²) >= 11 is 3.43. The van der Waals surface area contributed by atoms with E-state index in [1.54, 1.807) is 7.05 Å². The molecule has 0 aromatic heterocycles. The number of Topliss-reactive ketones (excluding diaryl/α,β-unsaturated/α-hetero) is 1. The van der Waals surface area contributed by atoms with Crippen LogP contribution in [0.2, 0.25) is 0 Å². The molecule has 0 spiro atoms. The van der Waals surface area contributed by atoms with Crippen molar-refractivity contribution < 1.29 is 4.79 Å². The minimum absolute atomic E-state index is 0.142. The van der Waals surface area contributed by atoms with Crippen LogP contribution < -0.4 is 5.32 Å². The Labute approximate surface area is 92.8 Å². The number of ketones is 1. The topological polar surface area (TPSA) is 29.1 Å². The Morgan fingerprint density at radius 1 is 1.43 bits per heavy atom. The van der Waals surface area contributed by atoms with Gasteiger partial charge in [-0.2, -0.15) is 0 Å². The summed E-state index contributed by atoms with van der Waals surface area (Å²) in [4.78, 5) is 11.8. The number of benzene rings is 1. The number of hydrogen-bond acceptors (Lipinski definition) is 2. The fourth-order valence-electron chi connectivity index (χ4n) is 1.50. The third-order valence-corrected chi connectivity index (χ3v) is 3.08. The molecule has 0 heterocycles. The molecule has 0 saturated heterocycles. The molecule has 1 rings (SSSR count). The number of carbonyl (C=O) groups excluding carboxylic acids is 1. The van der Waals surface area contributed by atoms with Gasteiger partial charge in [0.1, 0.15) is 0 Å². The summed E-state index contributed by atoms with van der Waals surface area (Å²) in [6.45, 7) is 4.31. The van der Waals surface area contributed by atoms with Crippen LogP contribution in [0.15, 0.2) is 16.6 Å². The van der Waals surface area contributed by atoms with Crippen molar-refractivity contribution in [3.05, 3.63) is 33.3 Å². The fraction of sp³-hybridized carbons (Fsp3) is 0.364. The SMILES string of the molecule is CNCC(=O)c1c(C)ccc(Br)c1C. The third-order valence-electron chi connectivity index (χ3n) is 2.22. The highest BCUT2D eigenvalue weighted by Crippen LogP contribution is 2.22. The molecule has 14 heavy (non-hydrogen) atoms. The van der Waals surface area contributed by atoms with Crippen LogP contribution >= 0.6 is 15.9 Å². The zero-order chi connectivity index (χ0) is 10.7. The van der Waals surface area contributed by atoms with E-state index in [0.717, 1.165) is 21.2 Å². The summed E-state index contributed by atoms with van der Waals surface area (Å²) in [6.07, 6.45) is 0. The number of likely N-dealkylation sites (N-methyl/N-ethyl adjacent to an activating group) is 1. The van der Waals surface area contributed by atoms with E-state index in [1.807, 2.05) is 26.0 Å². The van der Waals surface area contributed by atoms with Crippen molar-refractivity contribution in [2.45, 2.75) is 13.8 Å². The van der Waals surface area contributed by atoms with Crippen molar-refractivity contribution in [2.75, 3.05) is 13.6 Å². The van der Waals surface area contributed by atoms with Crippen LogP contribution in [0.1, 0.15) is 21.5 Å². The monoisotopic (exact) mass is 255 g/mol. The fourth-order valence-corrected chi connectivity index (χ4v) is 1.83. The molecule has 0 aliphatic carbocycles. The molecule has 1 aromatic carbocycles. The minimum atomic E-state index is 0.142. The second-order valence-corrected chi connectivity index (χ2v) is 4.17. The lowest BCUT2D eigenvalue weighted by molar-refractivity contribution is 0.0992. The van der Waals surface area contributed by atoms with Crippen molar-refractivity contribution in [3.63, 3.8) is 0 Å².